The summed E-state index contributed by atoms with van der Waals surface area (Å²) < 4.78 is 28.3. The van der Waals surface area contributed by atoms with Crippen LogP contribution in [0.25, 0.3) is 0 Å². The summed E-state index contributed by atoms with van der Waals surface area (Å²) in [5.41, 5.74) is -0.961. The van der Waals surface area contributed by atoms with Crippen molar-refractivity contribution >= 4 is 11.6 Å². The number of hydrogen-bond acceptors (Lipinski definition) is 0. The van der Waals surface area contributed by atoms with Crippen molar-refractivity contribution in [3.63, 3.8) is 0 Å². The Balaban J connectivity index is 3.11. The van der Waals surface area contributed by atoms with Gasteiger partial charge in [-0.3, -0.25) is 0 Å². The minimum absolute atomic E-state index is 0.307. The minimum atomic E-state index is -3.29. The molecule has 0 N–H and O–H groups in total. The highest BCUT2D eigenvalue weighted by Gasteiger charge is 2.56. The molecule has 0 radical (unpaired) electrons. The van der Waals surface area contributed by atoms with E-state index in [0.29, 0.717) is 12.8 Å². The molecule has 0 heterocycles. The fourth-order valence-electron chi connectivity index (χ4n) is 2.64. The number of aryl methyl sites for hydroxylation is 1. The molecular formula is C17H23ClF2. The number of benzene rings is 1. The van der Waals surface area contributed by atoms with Crippen molar-refractivity contribution in [2.24, 2.45) is 10.8 Å². The molecule has 1 rings (SSSR count). The van der Waals surface area contributed by atoms with Gasteiger partial charge in [-0.2, -0.15) is 8.78 Å². The molecule has 0 amide bonds. The number of alkyl halides is 3. The van der Waals surface area contributed by atoms with Gasteiger partial charge in [0.25, 0.3) is 0 Å². The lowest BCUT2D eigenvalue weighted by atomic mass is 9.63. The fourth-order valence-corrected chi connectivity index (χ4v) is 3.08. The van der Waals surface area contributed by atoms with Crippen LogP contribution in [0.1, 0.15) is 39.7 Å². The molecule has 3 heteroatoms. The van der Waals surface area contributed by atoms with Crippen molar-refractivity contribution in [3.8, 4) is 0 Å². The van der Waals surface area contributed by atoms with Crippen LogP contribution >= 0.6 is 11.6 Å². The number of rotatable bonds is 5. The molecule has 0 aliphatic carbocycles. The molecule has 1 unspecified atom stereocenters. The minimum Gasteiger partial charge on any atom is -0.187 e. The Kier molecular flexibility index (Phi) is 5.37. The molecule has 0 aliphatic heterocycles. The lowest BCUT2D eigenvalue weighted by molar-refractivity contribution is -0.0843. The number of halogens is 3. The van der Waals surface area contributed by atoms with Crippen molar-refractivity contribution in [3.05, 3.63) is 48.0 Å². The van der Waals surface area contributed by atoms with Crippen molar-refractivity contribution in [2.75, 3.05) is 0 Å². The Morgan fingerprint density at radius 1 is 1.10 bits per heavy atom. The number of hydrogen-bond donors (Lipinski definition) is 0. The van der Waals surface area contributed by atoms with Gasteiger partial charge in [0.05, 0.1) is 5.41 Å². The van der Waals surface area contributed by atoms with Gasteiger partial charge in [-0.1, -0.05) is 63.3 Å². The molecule has 0 aromatic heterocycles. The Labute approximate surface area is 125 Å². The molecule has 20 heavy (non-hydrogen) atoms. The zero-order valence-electron chi connectivity index (χ0n) is 12.6. The average molecular weight is 301 g/mol. The maximum atomic E-state index is 14.1. The summed E-state index contributed by atoms with van der Waals surface area (Å²) in [4.78, 5) is 0. The normalized spacial score (nSPS) is 16.4. The van der Waals surface area contributed by atoms with Crippen LogP contribution in [-0.4, -0.2) is 5.38 Å². The molecule has 0 saturated heterocycles. The van der Waals surface area contributed by atoms with Crippen LogP contribution in [0.3, 0.4) is 0 Å². The molecule has 0 saturated carbocycles. The van der Waals surface area contributed by atoms with Gasteiger partial charge in [0.2, 0.25) is 0 Å². The second-order valence-corrected chi connectivity index (χ2v) is 6.68. The second kappa shape index (κ2) is 6.26. The highest BCUT2D eigenvalue weighted by atomic mass is 35.5. The maximum Gasteiger partial charge on any atom is 0.331 e. The topological polar surface area (TPSA) is 0 Å². The van der Waals surface area contributed by atoms with Gasteiger partial charge in [-0.25, -0.2) is 0 Å². The average Bonchev–Trinajstić information content (AvgIpc) is 2.32. The SMILES string of the molecule is C/C=C/C(CCc1ccccc1)(C(C)(C)C)C(F)(F)Cl. The van der Waals surface area contributed by atoms with E-state index in [1.165, 1.54) is 0 Å². The van der Waals surface area contributed by atoms with Crippen LogP contribution in [0.2, 0.25) is 0 Å². The first-order chi connectivity index (χ1) is 9.14. The predicted octanol–water partition coefficient (Wildman–Crippen LogP) is 6.06. The third-order valence-electron chi connectivity index (χ3n) is 3.95. The van der Waals surface area contributed by atoms with Gasteiger partial charge in [-0.05, 0) is 42.3 Å². The number of allylic oxidation sites excluding steroid dienone is 2. The smallest absolute Gasteiger partial charge is 0.187 e. The lowest BCUT2D eigenvalue weighted by Gasteiger charge is -2.45. The first kappa shape index (κ1) is 17.2. The molecule has 112 valence electrons. The van der Waals surface area contributed by atoms with Gasteiger partial charge in [0, 0.05) is 0 Å². The summed E-state index contributed by atoms with van der Waals surface area (Å²) in [6.45, 7) is 7.20. The van der Waals surface area contributed by atoms with Gasteiger partial charge in [0.1, 0.15) is 0 Å². The van der Waals surface area contributed by atoms with Crippen molar-refractivity contribution in [2.45, 2.75) is 45.9 Å². The summed E-state index contributed by atoms with van der Waals surface area (Å²) >= 11 is 5.50. The lowest BCUT2D eigenvalue weighted by Crippen LogP contribution is -2.46. The van der Waals surface area contributed by atoms with E-state index in [-0.39, 0.29) is 0 Å². The van der Waals surface area contributed by atoms with Crippen LogP contribution in [0.15, 0.2) is 42.5 Å². The third kappa shape index (κ3) is 3.60. The summed E-state index contributed by atoms with van der Waals surface area (Å²) in [7, 11) is 0. The largest absolute Gasteiger partial charge is 0.331 e. The van der Waals surface area contributed by atoms with Crippen molar-refractivity contribution in [1.82, 2.24) is 0 Å². The van der Waals surface area contributed by atoms with Crippen molar-refractivity contribution < 1.29 is 8.78 Å². The van der Waals surface area contributed by atoms with Gasteiger partial charge < -0.3 is 0 Å². The van der Waals surface area contributed by atoms with E-state index in [0.717, 1.165) is 5.56 Å². The Morgan fingerprint density at radius 3 is 2.05 bits per heavy atom. The standard InChI is InChI=1S/C17H23ClF2/c1-5-12-16(15(2,3)4,17(18,19)20)13-11-14-9-7-6-8-10-14/h5-10,12H,11,13H2,1-4H3/b12-5+. The van der Waals surface area contributed by atoms with Gasteiger partial charge >= 0.3 is 5.38 Å². The van der Waals surface area contributed by atoms with E-state index in [4.69, 9.17) is 11.6 Å². The monoisotopic (exact) mass is 300 g/mol. The molecule has 1 atom stereocenters. The summed E-state index contributed by atoms with van der Waals surface area (Å²) in [5.74, 6) is 0. The Morgan fingerprint density at radius 2 is 1.65 bits per heavy atom. The summed E-state index contributed by atoms with van der Waals surface area (Å²) in [6, 6.07) is 9.67. The Hall–Kier alpha value is -0.890. The molecule has 1 aromatic carbocycles. The van der Waals surface area contributed by atoms with E-state index < -0.39 is 16.2 Å². The van der Waals surface area contributed by atoms with Crippen LogP contribution in [0.5, 0.6) is 0 Å². The second-order valence-electron chi connectivity index (χ2n) is 6.20. The van der Waals surface area contributed by atoms with E-state index in [1.54, 1.807) is 19.1 Å². The van der Waals surface area contributed by atoms with Crippen LogP contribution in [0.4, 0.5) is 8.78 Å². The zero-order chi connectivity index (χ0) is 15.4. The van der Waals surface area contributed by atoms with Gasteiger partial charge in [0.15, 0.2) is 0 Å². The van der Waals surface area contributed by atoms with Gasteiger partial charge in [-0.15, -0.1) is 0 Å². The summed E-state index contributed by atoms with van der Waals surface area (Å²) in [5, 5.41) is -3.29. The molecule has 1 aromatic rings. The summed E-state index contributed by atoms with van der Waals surface area (Å²) in [6.07, 6.45) is 4.13. The quantitative estimate of drug-likeness (QED) is 0.458. The predicted molar refractivity (Wildman–Crippen MR) is 82.3 cm³/mol. The zero-order valence-corrected chi connectivity index (χ0v) is 13.3. The van der Waals surface area contributed by atoms with E-state index in [1.807, 2.05) is 51.1 Å². The Bertz CT molecular complexity index is 424. The van der Waals surface area contributed by atoms with E-state index in [2.05, 4.69) is 0 Å². The first-order valence-corrected chi connectivity index (χ1v) is 7.26. The molecule has 0 fully saturated rings. The van der Waals surface area contributed by atoms with Crippen LogP contribution in [-0.2, 0) is 6.42 Å². The van der Waals surface area contributed by atoms with Crippen molar-refractivity contribution in [1.29, 1.82) is 0 Å². The molecular weight excluding hydrogens is 278 g/mol. The molecule has 0 nitrogen and oxygen atoms in total. The highest BCUT2D eigenvalue weighted by Crippen LogP contribution is 2.56. The van der Waals surface area contributed by atoms with E-state index >= 15 is 0 Å². The molecule has 0 aliphatic rings. The van der Waals surface area contributed by atoms with Crippen LogP contribution in [0, 0.1) is 10.8 Å². The third-order valence-corrected chi connectivity index (χ3v) is 4.28. The highest BCUT2D eigenvalue weighted by molar-refractivity contribution is 6.22. The fraction of sp³-hybridized carbons (Fsp3) is 0.529. The van der Waals surface area contributed by atoms with E-state index in [9.17, 15) is 8.78 Å². The molecule has 0 bridgehead atoms. The first-order valence-electron chi connectivity index (χ1n) is 6.88. The maximum absolute atomic E-state index is 14.1. The van der Waals surface area contributed by atoms with Crippen LogP contribution < -0.4 is 0 Å². The molecule has 0 spiro atoms.